The molecule has 2 heterocycles. The van der Waals surface area contributed by atoms with E-state index in [9.17, 15) is 9.59 Å². The Bertz CT molecular complexity index is 716. The smallest absolute Gasteiger partial charge is 0.308 e. The number of hydrogen-bond donors (Lipinski definition) is 1. The summed E-state index contributed by atoms with van der Waals surface area (Å²) in [6.45, 7) is 2.58. The van der Waals surface area contributed by atoms with E-state index in [0.29, 0.717) is 17.6 Å². The number of likely N-dealkylation sites (tertiary alicyclic amines) is 1. The first kappa shape index (κ1) is 13.5. The zero-order chi connectivity index (χ0) is 15.0. The second-order valence-electron chi connectivity index (χ2n) is 5.39. The zero-order valence-corrected chi connectivity index (χ0v) is 11.6. The number of fused-ring (bicyclic) bond motifs is 1. The van der Waals surface area contributed by atoms with Crippen LogP contribution < -0.4 is 0 Å². The lowest BCUT2D eigenvalue weighted by Crippen LogP contribution is -2.29. The van der Waals surface area contributed by atoms with Crippen molar-refractivity contribution in [3.63, 3.8) is 0 Å². The molecule has 108 valence electrons. The Kier molecular flexibility index (Phi) is 3.29. The molecule has 21 heavy (non-hydrogen) atoms. The maximum Gasteiger partial charge on any atom is 0.308 e. The van der Waals surface area contributed by atoms with Crippen molar-refractivity contribution in [1.29, 1.82) is 0 Å². The predicted molar refractivity (Wildman–Crippen MR) is 75.7 cm³/mol. The van der Waals surface area contributed by atoms with Gasteiger partial charge in [-0.3, -0.25) is 19.6 Å². The average Bonchev–Trinajstić information content (AvgIpc) is 2.88. The molecule has 1 aromatic carbocycles. The highest BCUT2D eigenvalue weighted by Gasteiger charge is 2.37. The van der Waals surface area contributed by atoms with Gasteiger partial charge in [-0.15, -0.1) is 0 Å². The summed E-state index contributed by atoms with van der Waals surface area (Å²) in [7, 11) is 0. The van der Waals surface area contributed by atoms with Gasteiger partial charge in [-0.2, -0.15) is 0 Å². The predicted octanol–water partition coefficient (Wildman–Crippen LogP) is 1.42. The number of amides is 1. The van der Waals surface area contributed by atoms with E-state index < -0.39 is 11.9 Å². The van der Waals surface area contributed by atoms with Gasteiger partial charge in [-0.05, 0) is 24.1 Å². The highest BCUT2D eigenvalue weighted by atomic mass is 16.4. The largest absolute Gasteiger partial charge is 0.481 e. The molecular formula is C15H15N3O3. The molecule has 0 spiro atoms. The van der Waals surface area contributed by atoms with Gasteiger partial charge in [0.05, 0.1) is 17.0 Å². The molecule has 3 rings (SSSR count). The molecule has 0 radical (unpaired) electrons. The van der Waals surface area contributed by atoms with Crippen LogP contribution in [0.2, 0.25) is 0 Å². The molecule has 6 nitrogen and oxygen atoms in total. The molecule has 1 amide bonds. The van der Waals surface area contributed by atoms with E-state index in [0.717, 1.165) is 5.52 Å². The van der Waals surface area contributed by atoms with Crippen molar-refractivity contribution in [2.75, 3.05) is 13.1 Å². The SMILES string of the molecule is CC1CN(C(=O)c2ccc3nccnc3c2)CC1C(=O)O. The van der Waals surface area contributed by atoms with Gasteiger partial charge in [0.1, 0.15) is 0 Å². The molecule has 1 aromatic heterocycles. The minimum Gasteiger partial charge on any atom is -0.481 e. The Balaban J connectivity index is 1.86. The molecule has 0 saturated carbocycles. The minimum atomic E-state index is -0.845. The molecule has 1 fully saturated rings. The molecule has 1 aliphatic heterocycles. The number of nitrogens with zero attached hydrogens (tertiary/aromatic N) is 3. The summed E-state index contributed by atoms with van der Waals surface area (Å²) >= 11 is 0. The highest BCUT2D eigenvalue weighted by molar-refractivity contribution is 5.97. The number of aromatic nitrogens is 2. The van der Waals surface area contributed by atoms with E-state index in [1.54, 1.807) is 35.5 Å². The van der Waals surface area contributed by atoms with Crippen LogP contribution >= 0.6 is 0 Å². The number of benzene rings is 1. The number of carboxylic acids is 1. The summed E-state index contributed by atoms with van der Waals surface area (Å²) in [6, 6.07) is 5.16. The monoisotopic (exact) mass is 285 g/mol. The van der Waals surface area contributed by atoms with Crippen LogP contribution in [0.4, 0.5) is 0 Å². The van der Waals surface area contributed by atoms with E-state index in [4.69, 9.17) is 5.11 Å². The molecule has 2 atom stereocenters. The van der Waals surface area contributed by atoms with Gasteiger partial charge in [0, 0.05) is 31.0 Å². The Labute approximate surface area is 121 Å². The Morgan fingerprint density at radius 3 is 2.57 bits per heavy atom. The van der Waals surface area contributed by atoms with Crippen molar-refractivity contribution in [3.8, 4) is 0 Å². The van der Waals surface area contributed by atoms with Crippen LogP contribution in [0.15, 0.2) is 30.6 Å². The number of rotatable bonds is 2. The van der Waals surface area contributed by atoms with Crippen molar-refractivity contribution >= 4 is 22.9 Å². The van der Waals surface area contributed by atoms with Gasteiger partial charge in [0.25, 0.3) is 5.91 Å². The van der Waals surface area contributed by atoms with Crippen LogP contribution in [0.1, 0.15) is 17.3 Å². The lowest BCUT2D eigenvalue weighted by molar-refractivity contribution is -0.142. The van der Waals surface area contributed by atoms with Gasteiger partial charge < -0.3 is 10.0 Å². The highest BCUT2D eigenvalue weighted by Crippen LogP contribution is 2.25. The number of carbonyl (C=O) groups is 2. The average molecular weight is 285 g/mol. The van der Waals surface area contributed by atoms with Gasteiger partial charge in [0.2, 0.25) is 0 Å². The van der Waals surface area contributed by atoms with Crippen LogP contribution in [0, 0.1) is 11.8 Å². The fraction of sp³-hybridized carbons (Fsp3) is 0.333. The van der Waals surface area contributed by atoms with Gasteiger partial charge >= 0.3 is 5.97 Å². The van der Waals surface area contributed by atoms with Crippen LogP contribution in [-0.4, -0.2) is 44.9 Å². The van der Waals surface area contributed by atoms with Crippen LogP contribution in [-0.2, 0) is 4.79 Å². The maximum absolute atomic E-state index is 12.5. The van der Waals surface area contributed by atoms with E-state index in [-0.39, 0.29) is 18.4 Å². The summed E-state index contributed by atoms with van der Waals surface area (Å²) in [5, 5.41) is 9.14. The van der Waals surface area contributed by atoms with Crippen molar-refractivity contribution in [2.45, 2.75) is 6.92 Å². The molecular weight excluding hydrogens is 270 g/mol. The first-order valence-electron chi connectivity index (χ1n) is 6.79. The Morgan fingerprint density at radius 2 is 1.90 bits per heavy atom. The molecule has 1 N–H and O–H groups in total. The standard InChI is InChI=1S/C15H15N3O3/c1-9-7-18(8-11(9)15(20)21)14(19)10-2-3-12-13(6-10)17-5-4-16-12/h2-6,9,11H,7-8H2,1H3,(H,20,21). The second-order valence-corrected chi connectivity index (χ2v) is 5.39. The molecule has 6 heteroatoms. The number of carbonyl (C=O) groups excluding carboxylic acids is 1. The maximum atomic E-state index is 12.5. The molecule has 1 saturated heterocycles. The summed E-state index contributed by atoms with van der Waals surface area (Å²) < 4.78 is 0. The molecule has 1 aliphatic rings. The van der Waals surface area contributed by atoms with Crippen LogP contribution in [0.5, 0.6) is 0 Å². The van der Waals surface area contributed by atoms with Gasteiger partial charge in [-0.1, -0.05) is 6.92 Å². The quantitative estimate of drug-likeness (QED) is 0.902. The van der Waals surface area contributed by atoms with Crippen LogP contribution in [0.25, 0.3) is 11.0 Å². The van der Waals surface area contributed by atoms with E-state index in [1.165, 1.54) is 0 Å². The summed E-state index contributed by atoms with van der Waals surface area (Å²) in [4.78, 5) is 33.6. The first-order valence-corrected chi connectivity index (χ1v) is 6.79. The van der Waals surface area contributed by atoms with Crippen LogP contribution in [0.3, 0.4) is 0 Å². The lowest BCUT2D eigenvalue weighted by Gasteiger charge is -2.16. The zero-order valence-electron chi connectivity index (χ0n) is 11.6. The first-order chi connectivity index (χ1) is 10.1. The van der Waals surface area contributed by atoms with Gasteiger partial charge in [-0.25, -0.2) is 0 Å². The van der Waals surface area contributed by atoms with Crippen molar-refractivity contribution in [3.05, 3.63) is 36.2 Å². The summed E-state index contributed by atoms with van der Waals surface area (Å²) in [5.74, 6) is -1.53. The molecule has 0 aliphatic carbocycles. The van der Waals surface area contributed by atoms with Crippen molar-refractivity contribution in [1.82, 2.24) is 14.9 Å². The third-order valence-electron chi connectivity index (χ3n) is 3.93. The third kappa shape index (κ3) is 2.44. The second kappa shape index (κ2) is 5.12. The topological polar surface area (TPSA) is 83.4 Å². The van der Waals surface area contributed by atoms with Gasteiger partial charge in [0.15, 0.2) is 0 Å². The molecule has 0 bridgehead atoms. The fourth-order valence-electron chi connectivity index (χ4n) is 2.73. The molecule has 2 aromatic rings. The normalized spacial score (nSPS) is 21.7. The number of hydrogen-bond acceptors (Lipinski definition) is 4. The molecule has 2 unspecified atom stereocenters. The number of aliphatic carboxylic acids is 1. The van der Waals surface area contributed by atoms with E-state index in [2.05, 4.69) is 9.97 Å². The van der Waals surface area contributed by atoms with E-state index in [1.807, 2.05) is 6.92 Å². The van der Waals surface area contributed by atoms with Crippen molar-refractivity contribution in [2.24, 2.45) is 11.8 Å². The fourth-order valence-corrected chi connectivity index (χ4v) is 2.73. The van der Waals surface area contributed by atoms with Crippen molar-refractivity contribution < 1.29 is 14.7 Å². The lowest BCUT2D eigenvalue weighted by atomic mass is 9.99. The Morgan fingerprint density at radius 1 is 1.19 bits per heavy atom. The summed E-state index contributed by atoms with van der Waals surface area (Å²) in [6.07, 6.45) is 3.18. The summed E-state index contributed by atoms with van der Waals surface area (Å²) in [5.41, 5.74) is 1.90. The number of carboxylic acid groups (broad SMARTS) is 1. The minimum absolute atomic E-state index is 0.0355. The Hall–Kier alpha value is -2.50. The third-order valence-corrected chi connectivity index (χ3v) is 3.93. The van der Waals surface area contributed by atoms with E-state index >= 15 is 0 Å².